The van der Waals surface area contributed by atoms with Gasteiger partial charge in [0.05, 0.1) is 11.7 Å². The first-order chi connectivity index (χ1) is 10.5. The highest BCUT2D eigenvalue weighted by molar-refractivity contribution is 5.97. The van der Waals surface area contributed by atoms with Crippen molar-refractivity contribution < 1.29 is 9.90 Å². The molecule has 2 saturated carbocycles. The van der Waals surface area contributed by atoms with Gasteiger partial charge in [0.25, 0.3) is 5.91 Å². The summed E-state index contributed by atoms with van der Waals surface area (Å²) in [6, 6.07) is 0.526. The number of rotatable bonds is 5. The number of nitrogens with one attached hydrogen (secondary N) is 2. The molecule has 7 heteroatoms. The minimum atomic E-state index is -0.551. The molecule has 0 spiro atoms. The van der Waals surface area contributed by atoms with E-state index in [1.165, 1.54) is 6.20 Å². The Morgan fingerprint density at radius 1 is 1.27 bits per heavy atom. The van der Waals surface area contributed by atoms with Crippen LogP contribution in [0.3, 0.4) is 0 Å². The van der Waals surface area contributed by atoms with Crippen LogP contribution in [0.4, 0.5) is 11.8 Å². The fourth-order valence-corrected chi connectivity index (χ4v) is 2.77. The van der Waals surface area contributed by atoms with Gasteiger partial charge in [0, 0.05) is 18.3 Å². The summed E-state index contributed by atoms with van der Waals surface area (Å²) in [7, 11) is 0. The monoisotopic (exact) mass is 305 g/mol. The lowest BCUT2D eigenvalue weighted by molar-refractivity contribution is 0.0739. The maximum atomic E-state index is 11.6. The quantitative estimate of drug-likeness (QED) is 0.648. The first kappa shape index (κ1) is 15.0. The predicted octanol–water partition coefficient (Wildman–Crippen LogP) is 1.11. The van der Waals surface area contributed by atoms with Gasteiger partial charge in [0.1, 0.15) is 5.82 Å². The summed E-state index contributed by atoms with van der Waals surface area (Å²) < 4.78 is 0. The molecule has 7 nitrogen and oxygen atoms in total. The topological polar surface area (TPSA) is 113 Å². The second-order valence-electron chi connectivity index (χ2n) is 6.44. The van der Waals surface area contributed by atoms with Crippen LogP contribution in [-0.2, 0) is 0 Å². The zero-order valence-corrected chi connectivity index (χ0v) is 12.7. The molecule has 2 aliphatic rings. The van der Waals surface area contributed by atoms with Crippen LogP contribution >= 0.6 is 0 Å². The lowest BCUT2D eigenvalue weighted by Gasteiger charge is -2.32. The Morgan fingerprint density at radius 2 is 2.00 bits per heavy atom. The molecule has 3 rings (SSSR count). The number of aliphatic hydroxyl groups excluding tert-OH is 1. The van der Waals surface area contributed by atoms with Crippen LogP contribution in [0.1, 0.15) is 49.4 Å². The molecule has 2 fully saturated rings. The van der Waals surface area contributed by atoms with Crippen molar-refractivity contribution in [2.45, 2.75) is 57.2 Å². The standard InChI is InChI=1S/C15H23N5O2/c1-8-2-3-10(6-12(8)21)18-14-11(13(16)22)7-17-15(20-14)19-9-4-5-9/h7-10,12,21H,2-6H2,1H3,(H2,16,22)(H2,17,18,19,20). The van der Waals surface area contributed by atoms with Crippen molar-refractivity contribution in [3.8, 4) is 0 Å². The van der Waals surface area contributed by atoms with Gasteiger partial charge in [-0.3, -0.25) is 4.79 Å². The summed E-state index contributed by atoms with van der Waals surface area (Å²) >= 11 is 0. The number of anilines is 2. The Morgan fingerprint density at radius 3 is 2.64 bits per heavy atom. The maximum Gasteiger partial charge on any atom is 0.254 e. The highest BCUT2D eigenvalue weighted by atomic mass is 16.3. The number of carbonyl (C=O) groups excluding carboxylic acids is 1. The molecule has 0 aliphatic heterocycles. The highest BCUT2D eigenvalue weighted by Gasteiger charge is 2.28. The van der Waals surface area contributed by atoms with Crippen molar-refractivity contribution in [2.75, 3.05) is 10.6 Å². The van der Waals surface area contributed by atoms with E-state index in [1.807, 2.05) is 0 Å². The van der Waals surface area contributed by atoms with Crippen molar-refractivity contribution in [1.29, 1.82) is 0 Å². The third-order valence-corrected chi connectivity index (χ3v) is 4.46. The summed E-state index contributed by atoms with van der Waals surface area (Å²) in [4.78, 5) is 20.1. The van der Waals surface area contributed by atoms with E-state index in [-0.39, 0.29) is 17.7 Å². The normalized spacial score (nSPS) is 28.2. The molecule has 1 heterocycles. The third kappa shape index (κ3) is 3.47. The van der Waals surface area contributed by atoms with E-state index in [1.54, 1.807) is 0 Å². The molecular formula is C15H23N5O2. The SMILES string of the molecule is CC1CCC(Nc2nc(NC3CC3)ncc2C(N)=O)CC1O. The van der Waals surface area contributed by atoms with E-state index in [0.717, 1.165) is 25.7 Å². The molecule has 3 unspecified atom stereocenters. The van der Waals surface area contributed by atoms with Crippen molar-refractivity contribution in [2.24, 2.45) is 11.7 Å². The fraction of sp³-hybridized carbons (Fsp3) is 0.667. The van der Waals surface area contributed by atoms with E-state index in [9.17, 15) is 9.90 Å². The van der Waals surface area contributed by atoms with E-state index in [2.05, 4.69) is 27.5 Å². The molecule has 22 heavy (non-hydrogen) atoms. The van der Waals surface area contributed by atoms with Gasteiger partial charge in [-0.1, -0.05) is 6.92 Å². The van der Waals surface area contributed by atoms with Gasteiger partial charge >= 0.3 is 0 Å². The molecule has 0 saturated heterocycles. The first-order valence-electron chi connectivity index (χ1n) is 7.91. The van der Waals surface area contributed by atoms with Gasteiger partial charge in [-0.05, 0) is 38.0 Å². The average molecular weight is 305 g/mol. The highest BCUT2D eigenvalue weighted by Crippen LogP contribution is 2.28. The van der Waals surface area contributed by atoms with Crippen molar-refractivity contribution in [3.05, 3.63) is 11.8 Å². The Kier molecular flexibility index (Phi) is 4.15. The summed E-state index contributed by atoms with van der Waals surface area (Å²) in [5, 5.41) is 16.5. The lowest BCUT2D eigenvalue weighted by Crippen LogP contribution is -2.35. The zero-order valence-electron chi connectivity index (χ0n) is 12.7. The Bertz CT molecular complexity index is 561. The van der Waals surface area contributed by atoms with Gasteiger partial charge < -0.3 is 21.5 Å². The second-order valence-corrected chi connectivity index (χ2v) is 6.44. The van der Waals surface area contributed by atoms with E-state index in [4.69, 9.17) is 5.73 Å². The van der Waals surface area contributed by atoms with Gasteiger partial charge in [-0.25, -0.2) is 4.98 Å². The minimum absolute atomic E-state index is 0.0907. The maximum absolute atomic E-state index is 11.6. The number of nitrogens with zero attached hydrogens (tertiary/aromatic N) is 2. The second kappa shape index (κ2) is 6.08. The number of primary amides is 1. The molecule has 1 amide bonds. The Balaban J connectivity index is 1.75. The summed E-state index contributed by atoms with van der Waals surface area (Å²) in [5.41, 5.74) is 5.69. The number of nitrogens with two attached hydrogens (primary N) is 1. The number of hydrogen-bond donors (Lipinski definition) is 4. The van der Waals surface area contributed by atoms with E-state index in [0.29, 0.717) is 30.1 Å². The van der Waals surface area contributed by atoms with Crippen LogP contribution in [0.5, 0.6) is 0 Å². The number of aliphatic hydroxyl groups is 1. The number of amides is 1. The summed E-state index contributed by atoms with van der Waals surface area (Å²) in [6.07, 6.45) is 5.91. The van der Waals surface area contributed by atoms with Crippen LogP contribution in [0.25, 0.3) is 0 Å². The van der Waals surface area contributed by atoms with Crippen LogP contribution in [0, 0.1) is 5.92 Å². The van der Waals surface area contributed by atoms with Crippen LogP contribution < -0.4 is 16.4 Å². The van der Waals surface area contributed by atoms with Crippen LogP contribution in [0.2, 0.25) is 0 Å². The lowest BCUT2D eigenvalue weighted by atomic mass is 9.85. The fourth-order valence-electron chi connectivity index (χ4n) is 2.77. The van der Waals surface area contributed by atoms with Gasteiger partial charge in [0.2, 0.25) is 5.95 Å². The molecule has 3 atom stereocenters. The Labute approximate surface area is 129 Å². The van der Waals surface area contributed by atoms with E-state index >= 15 is 0 Å². The summed E-state index contributed by atoms with van der Waals surface area (Å²) in [6.45, 7) is 2.05. The average Bonchev–Trinajstić information content (AvgIpc) is 3.27. The minimum Gasteiger partial charge on any atom is -0.393 e. The molecular weight excluding hydrogens is 282 g/mol. The molecule has 0 bridgehead atoms. The number of aromatic nitrogens is 2. The predicted molar refractivity (Wildman–Crippen MR) is 83.6 cm³/mol. The molecule has 1 aromatic rings. The molecule has 0 radical (unpaired) electrons. The Hall–Kier alpha value is -1.89. The van der Waals surface area contributed by atoms with Crippen molar-refractivity contribution >= 4 is 17.7 Å². The molecule has 5 N–H and O–H groups in total. The zero-order chi connectivity index (χ0) is 15.7. The molecule has 0 aromatic carbocycles. The van der Waals surface area contributed by atoms with Gasteiger partial charge in [0.15, 0.2) is 0 Å². The molecule has 2 aliphatic carbocycles. The first-order valence-corrected chi connectivity index (χ1v) is 7.91. The van der Waals surface area contributed by atoms with Gasteiger partial charge in [-0.2, -0.15) is 4.98 Å². The largest absolute Gasteiger partial charge is 0.393 e. The van der Waals surface area contributed by atoms with Crippen molar-refractivity contribution in [3.63, 3.8) is 0 Å². The van der Waals surface area contributed by atoms with Crippen LogP contribution in [-0.4, -0.2) is 39.2 Å². The number of hydrogen-bond acceptors (Lipinski definition) is 6. The number of carbonyl (C=O) groups is 1. The summed E-state index contributed by atoms with van der Waals surface area (Å²) in [5.74, 6) is 0.730. The van der Waals surface area contributed by atoms with E-state index < -0.39 is 5.91 Å². The molecule has 1 aromatic heterocycles. The molecule has 120 valence electrons. The van der Waals surface area contributed by atoms with Crippen LogP contribution in [0.15, 0.2) is 6.20 Å². The van der Waals surface area contributed by atoms with Gasteiger partial charge in [-0.15, -0.1) is 0 Å². The van der Waals surface area contributed by atoms with Crippen molar-refractivity contribution in [1.82, 2.24) is 9.97 Å². The smallest absolute Gasteiger partial charge is 0.254 e. The third-order valence-electron chi connectivity index (χ3n) is 4.46.